The smallest absolute Gasteiger partial charge is 0.272 e. The van der Waals surface area contributed by atoms with Gasteiger partial charge in [-0.05, 0) is 13.3 Å². The van der Waals surface area contributed by atoms with E-state index in [9.17, 15) is 10.1 Å². The number of benzene rings is 1. The molecule has 1 heterocycles. The van der Waals surface area contributed by atoms with Gasteiger partial charge in [0.25, 0.3) is 5.69 Å². The highest BCUT2D eigenvalue weighted by atomic mass is 16.6. The quantitative estimate of drug-likeness (QED) is 0.646. The third kappa shape index (κ3) is 3.15. The Kier molecular flexibility index (Phi) is 4.69. The molecule has 0 aliphatic carbocycles. The summed E-state index contributed by atoms with van der Waals surface area (Å²) in [5, 5.41) is 11.1. The molecule has 6 heteroatoms. The average molecular weight is 279 g/mol. The first kappa shape index (κ1) is 14.9. The summed E-state index contributed by atoms with van der Waals surface area (Å²) in [5.74, 6) is 0. The van der Waals surface area contributed by atoms with E-state index in [1.807, 2.05) is 12.1 Å². The third-order valence-electron chi connectivity index (χ3n) is 3.97. The van der Waals surface area contributed by atoms with Crippen LogP contribution in [0.5, 0.6) is 0 Å². The molecule has 1 aliphatic rings. The summed E-state index contributed by atoms with van der Waals surface area (Å²) < 4.78 is 5.36. The summed E-state index contributed by atoms with van der Waals surface area (Å²) in [6.45, 7) is 5.52. The minimum absolute atomic E-state index is 0.167. The molecule has 1 unspecified atom stereocenters. The topological polar surface area (TPSA) is 81.6 Å². The Morgan fingerprint density at radius 1 is 1.40 bits per heavy atom. The number of nitrogens with two attached hydrogens (primary N) is 1. The van der Waals surface area contributed by atoms with E-state index >= 15 is 0 Å². The van der Waals surface area contributed by atoms with Gasteiger partial charge in [0.2, 0.25) is 0 Å². The second kappa shape index (κ2) is 6.30. The minimum Gasteiger partial charge on any atom is -0.379 e. The highest BCUT2D eigenvalue weighted by Gasteiger charge is 2.33. The number of morpholine rings is 1. The standard InChI is InChI=1S/C14H21N3O3/c1-14(11-15,16-6-8-20-9-7-16)10-12-4-2-3-5-13(12)17(18)19/h2-5H,6-11,15H2,1H3. The number of hydrogen-bond donors (Lipinski definition) is 1. The van der Waals surface area contributed by atoms with Gasteiger partial charge in [0, 0.05) is 36.8 Å². The molecule has 2 rings (SSSR count). The lowest BCUT2D eigenvalue weighted by atomic mass is 9.89. The van der Waals surface area contributed by atoms with E-state index in [-0.39, 0.29) is 16.1 Å². The van der Waals surface area contributed by atoms with Crippen molar-refractivity contribution < 1.29 is 9.66 Å². The summed E-state index contributed by atoms with van der Waals surface area (Å²) in [6.07, 6.45) is 0.570. The second-order valence-corrected chi connectivity index (χ2v) is 5.36. The molecule has 0 bridgehead atoms. The highest BCUT2D eigenvalue weighted by molar-refractivity contribution is 5.41. The van der Waals surface area contributed by atoms with Crippen LogP contribution in [0.4, 0.5) is 5.69 Å². The zero-order valence-electron chi connectivity index (χ0n) is 11.7. The van der Waals surface area contributed by atoms with Gasteiger partial charge < -0.3 is 10.5 Å². The molecule has 2 N–H and O–H groups in total. The molecule has 0 saturated carbocycles. The van der Waals surface area contributed by atoms with Crippen molar-refractivity contribution in [2.24, 2.45) is 5.73 Å². The lowest BCUT2D eigenvalue weighted by molar-refractivity contribution is -0.385. The molecule has 1 atom stereocenters. The molecule has 1 saturated heterocycles. The molecule has 1 aromatic rings. The Morgan fingerprint density at radius 3 is 2.65 bits per heavy atom. The van der Waals surface area contributed by atoms with E-state index < -0.39 is 0 Å². The van der Waals surface area contributed by atoms with Gasteiger partial charge in [0.1, 0.15) is 0 Å². The summed E-state index contributed by atoms with van der Waals surface area (Å²) >= 11 is 0. The lowest BCUT2D eigenvalue weighted by Gasteiger charge is -2.42. The Hall–Kier alpha value is -1.50. The largest absolute Gasteiger partial charge is 0.379 e. The van der Waals surface area contributed by atoms with Crippen molar-refractivity contribution in [3.63, 3.8) is 0 Å². The molecule has 20 heavy (non-hydrogen) atoms. The number of rotatable bonds is 5. The number of nitrogens with zero attached hydrogens (tertiary/aromatic N) is 2. The van der Waals surface area contributed by atoms with Gasteiger partial charge in [-0.15, -0.1) is 0 Å². The number of nitro benzene ring substituents is 1. The summed E-state index contributed by atoms with van der Waals surface area (Å²) in [4.78, 5) is 13.1. The first-order valence-corrected chi connectivity index (χ1v) is 6.82. The van der Waals surface area contributed by atoms with Gasteiger partial charge in [0.05, 0.1) is 18.1 Å². The summed E-state index contributed by atoms with van der Waals surface area (Å²) in [7, 11) is 0. The zero-order chi connectivity index (χ0) is 14.6. The molecular formula is C14H21N3O3. The minimum atomic E-state index is -0.328. The molecular weight excluding hydrogens is 258 g/mol. The van der Waals surface area contributed by atoms with Crippen molar-refractivity contribution in [2.45, 2.75) is 18.9 Å². The van der Waals surface area contributed by atoms with Crippen LogP contribution in [0.3, 0.4) is 0 Å². The molecule has 1 aromatic carbocycles. The van der Waals surface area contributed by atoms with E-state index in [0.717, 1.165) is 18.7 Å². The summed E-state index contributed by atoms with van der Waals surface area (Å²) in [5.41, 5.74) is 6.58. The van der Waals surface area contributed by atoms with Crippen molar-refractivity contribution >= 4 is 5.69 Å². The average Bonchev–Trinajstić information content (AvgIpc) is 2.48. The van der Waals surface area contributed by atoms with E-state index in [2.05, 4.69) is 11.8 Å². The van der Waals surface area contributed by atoms with Gasteiger partial charge in [-0.25, -0.2) is 0 Å². The van der Waals surface area contributed by atoms with Crippen molar-refractivity contribution in [3.8, 4) is 0 Å². The van der Waals surface area contributed by atoms with Crippen LogP contribution >= 0.6 is 0 Å². The van der Waals surface area contributed by atoms with E-state index in [4.69, 9.17) is 10.5 Å². The predicted octanol–water partition coefficient (Wildman–Crippen LogP) is 1.19. The molecule has 0 amide bonds. The van der Waals surface area contributed by atoms with Crippen LogP contribution in [-0.4, -0.2) is 48.2 Å². The van der Waals surface area contributed by atoms with Crippen LogP contribution in [0, 0.1) is 10.1 Å². The van der Waals surface area contributed by atoms with Crippen molar-refractivity contribution in [2.75, 3.05) is 32.8 Å². The second-order valence-electron chi connectivity index (χ2n) is 5.36. The van der Waals surface area contributed by atoms with Gasteiger partial charge in [-0.2, -0.15) is 0 Å². The lowest BCUT2D eigenvalue weighted by Crippen LogP contribution is -2.57. The van der Waals surface area contributed by atoms with Crippen LogP contribution in [0.25, 0.3) is 0 Å². The molecule has 110 valence electrons. The maximum Gasteiger partial charge on any atom is 0.272 e. The number of nitro groups is 1. The number of para-hydroxylation sites is 1. The monoisotopic (exact) mass is 279 g/mol. The predicted molar refractivity (Wildman–Crippen MR) is 76.7 cm³/mol. The van der Waals surface area contributed by atoms with Crippen molar-refractivity contribution in [3.05, 3.63) is 39.9 Å². The highest BCUT2D eigenvalue weighted by Crippen LogP contribution is 2.26. The van der Waals surface area contributed by atoms with Crippen molar-refractivity contribution in [1.82, 2.24) is 4.90 Å². The first-order valence-electron chi connectivity index (χ1n) is 6.82. The van der Waals surface area contributed by atoms with Crippen LogP contribution in [-0.2, 0) is 11.2 Å². The SMILES string of the molecule is CC(CN)(Cc1ccccc1[N+](=O)[O-])N1CCOCC1. The first-order chi connectivity index (χ1) is 9.57. The Labute approximate surface area is 118 Å². The Bertz CT molecular complexity index is 474. The maximum absolute atomic E-state index is 11.1. The fourth-order valence-corrected chi connectivity index (χ4v) is 2.66. The number of hydrogen-bond acceptors (Lipinski definition) is 5. The van der Waals surface area contributed by atoms with Gasteiger partial charge in [0.15, 0.2) is 0 Å². The van der Waals surface area contributed by atoms with E-state index in [1.54, 1.807) is 12.1 Å². The van der Waals surface area contributed by atoms with E-state index in [1.165, 1.54) is 0 Å². The number of ether oxygens (including phenoxy) is 1. The molecule has 0 radical (unpaired) electrons. The fourth-order valence-electron chi connectivity index (χ4n) is 2.66. The Balaban J connectivity index is 2.23. The van der Waals surface area contributed by atoms with E-state index in [0.29, 0.717) is 26.2 Å². The molecule has 1 aliphatic heterocycles. The molecule has 0 spiro atoms. The van der Waals surface area contributed by atoms with Gasteiger partial charge >= 0.3 is 0 Å². The molecule has 0 aromatic heterocycles. The van der Waals surface area contributed by atoms with Crippen LogP contribution in [0.2, 0.25) is 0 Å². The van der Waals surface area contributed by atoms with Crippen molar-refractivity contribution in [1.29, 1.82) is 0 Å². The Morgan fingerprint density at radius 2 is 2.05 bits per heavy atom. The fraction of sp³-hybridized carbons (Fsp3) is 0.571. The third-order valence-corrected chi connectivity index (χ3v) is 3.97. The van der Waals surface area contributed by atoms with Crippen LogP contribution in [0.15, 0.2) is 24.3 Å². The normalized spacial score (nSPS) is 19.5. The van der Waals surface area contributed by atoms with Gasteiger partial charge in [-0.1, -0.05) is 18.2 Å². The molecule has 6 nitrogen and oxygen atoms in total. The zero-order valence-corrected chi connectivity index (χ0v) is 11.7. The van der Waals surface area contributed by atoms with Gasteiger partial charge in [-0.3, -0.25) is 15.0 Å². The summed E-state index contributed by atoms with van der Waals surface area (Å²) in [6, 6.07) is 6.88. The van der Waals surface area contributed by atoms with Crippen LogP contribution in [0.1, 0.15) is 12.5 Å². The molecule has 1 fully saturated rings. The maximum atomic E-state index is 11.1. The van der Waals surface area contributed by atoms with Crippen LogP contribution < -0.4 is 5.73 Å².